The molecule has 21 heavy (non-hydrogen) atoms. The Kier molecular flexibility index (Phi) is 3.60. The zero-order valence-electron chi connectivity index (χ0n) is 11.9. The Hall–Kier alpha value is -2.00. The summed E-state index contributed by atoms with van der Waals surface area (Å²) in [5, 5.41) is 0. The minimum Gasteiger partial charge on any atom is -0.255 e. The average molecular weight is 298 g/mol. The molecule has 0 spiro atoms. The van der Waals surface area contributed by atoms with Gasteiger partial charge in [-0.1, -0.05) is 54.6 Å². The fourth-order valence-corrected chi connectivity index (χ4v) is 3.76. The Balaban J connectivity index is 2.36. The summed E-state index contributed by atoms with van der Waals surface area (Å²) < 4.78 is 26.7. The molecule has 0 radical (unpaired) electrons. The van der Waals surface area contributed by atoms with Gasteiger partial charge in [-0.15, -0.1) is 0 Å². The minimum atomic E-state index is -1.21. The van der Waals surface area contributed by atoms with Crippen LogP contribution in [-0.4, -0.2) is 10.5 Å². The van der Waals surface area contributed by atoms with Crippen molar-refractivity contribution in [3.05, 3.63) is 76.9 Å². The molecule has 1 aliphatic rings. The quantitative estimate of drug-likeness (QED) is 0.789. The Labute approximate surface area is 126 Å². The maximum absolute atomic E-state index is 14.4. The van der Waals surface area contributed by atoms with Gasteiger partial charge in [0.1, 0.15) is 5.83 Å². The second kappa shape index (κ2) is 5.41. The molecule has 1 aliphatic carbocycles. The van der Waals surface area contributed by atoms with Crippen molar-refractivity contribution >= 4 is 27.1 Å². The summed E-state index contributed by atoms with van der Waals surface area (Å²) in [5.41, 5.74) is 3.60. The molecule has 2 aromatic rings. The first-order valence-electron chi connectivity index (χ1n) is 6.71. The fourth-order valence-electron chi connectivity index (χ4n) is 2.74. The molecule has 0 N–H and O–H groups in total. The van der Waals surface area contributed by atoms with E-state index in [4.69, 9.17) is 0 Å². The molecule has 3 heteroatoms. The molecule has 1 atom stereocenters. The number of allylic oxidation sites excluding steroid dienone is 2. The van der Waals surface area contributed by atoms with Crippen molar-refractivity contribution in [2.24, 2.45) is 0 Å². The Bertz CT molecular complexity index is 788. The van der Waals surface area contributed by atoms with Crippen molar-refractivity contribution in [2.45, 2.75) is 6.92 Å². The maximum atomic E-state index is 14.4. The highest BCUT2D eigenvalue weighted by atomic mass is 32.2. The Morgan fingerprint density at radius 1 is 0.952 bits per heavy atom. The molecule has 1 unspecified atom stereocenters. The molecule has 1 nitrogen and oxygen atoms in total. The number of hydrogen-bond donors (Lipinski definition) is 0. The van der Waals surface area contributed by atoms with E-state index in [1.165, 1.54) is 0 Å². The number of benzene rings is 2. The first-order valence-corrected chi connectivity index (χ1v) is 8.26. The highest BCUT2D eigenvalue weighted by Crippen LogP contribution is 2.45. The van der Waals surface area contributed by atoms with E-state index in [-0.39, 0.29) is 5.83 Å². The lowest BCUT2D eigenvalue weighted by atomic mass is 10.0. The highest BCUT2D eigenvalue weighted by molar-refractivity contribution is 7.94. The van der Waals surface area contributed by atoms with E-state index in [1.54, 1.807) is 19.2 Å². The third-order valence-electron chi connectivity index (χ3n) is 3.69. The van der Waals surface area contributed by atoms with Crippen LogP contribution in [0.2, 0.25) is 0 Å². The monoisotopic (exact) mass is 298 g/mol. The predicted octanol–water partition coefficient (Wildman–Crippen LogP) is 4.65. The molecule has 0 aromatic heterocycles. The van der Waals surface area contributed by atoms with E-state index in [9.17, 15) is 8.60 Å². The Morgan fingerprint density at radius 2 is 1.52 bits per heavy atom. The number of fused-ring (bicyclic) bond motifs is 1. The topological polar surface area (TPSA) is 17.1 Å². The van der Waals surface area contributed by atoms with Gasteiger partial charge in [0.25, 0.3) is 0 Å². The van der Waals surface area contributed by atoms with E-state index in [0.717, 1.165) is 16.7 Å². The molecule has 0 heterocycles. The molecule has 0 bridgehead atoms. The Morgan fingerprint density at radius 3 is 2.14 bits per heavy atom. The van der Waals surface area contributed by atoms with Gasteiger partial charge in [-0.3, -0.25) is 4.21 Å². The number of hydrogen-bond acceptors (Lipinski definition) is 1. The summed E-state index contributed by atoms with van der Waals surface area (Å²) in [4.78, 5) is 0.688. The smallest absolute Gasteiger partial charge is 0.134 e. The first-order chi connectivity index (χ1) is 10.1. The van der Waals surface area contributed by atoms with Gasteiger partial charge in [0.05, 0.1) is 15.7 Å². The van der Waals surface area contributed by atoms with Gasteiger partial charge in [-0.05, 0) is 23.6 Å². The number of halogens is 1. The van der Waals surface area contributed by atoms with E-state index in [0.29, 0.717) is 16.0 Å². The lowest BCUT2D eigenvalue weighted by molar-refractivity contribution is 0.692. The predicted molar refractivity (Wildman–Crippen MR) is 87.5 cm³/mol. The van der Waals surface area contributed by atoms with Crippen LogP contribution >= 0.6 is 0 Å². The lowest BCUT2D eigenvalue weighted by Crippen LogP contribution is -1.97. The summed E-state index contributed by atoms with van der Waals surface area (Å²) >= 11 is 0. The van der Waals surface area contributed by atoms with Crippen LogP contribution in [-0.2, 0) is 10.8 Å². The van der Waals surface area contributed by atoms with Crippen molar-refractivity contribution < 1.29 is 8.60 Å². The van der Waals surface area contributed by atoms with Crippen LogP contribution in [0, 0.1) is 0 Å². The molecular weight excluding hydrogens is 283 g/mol. The summed E-state index contributed by atoms with van der Waals surface area (Å²) in [6, 6.07) is 16.9. The third kappa shape index (κ3) is 2.28. The molecular formula is C18H15FOS. The molecule has 0 aliphatic heterocycles. The second-order valence-corrected chi connectivity index (χ2v) is 6.33. The van der Waals surface area contributed by atoms with Gasteiger partial charge in [0.2, 0.25) is 0 Å². The molecule has 0 fully saturated rings. The van der Waals surface area contributed by atoms with Gasteiger partial charge >= 0.3 is 0 Å². The largest absolute Gasteiger partial charge is 0.255 e. The third-order valence-corrected chi connectivity index (χ3v) is 4.70. The van der Waals surface area contributed by atoms with E-state index in [2.05, 4.69) is 0 Å². The van der Waals surface area contributed by atoms with E-state index in [1.807, 2.05) is 48.5 Å². The van der Waals surface area contributed by atoms with Crippen molar-refractivity contribution in [3.8, 4) is 0 Å². The second-order valence-electron chi connectivity index (χ2n) is 5.01. The van der Waals surface area contributed by atoms with Crippen molar-refractivity contribution in [1.29, 1.82) is 0 Å². The fraction of sp³-hybridized carbons (Fsp3) is 0.111. The van der Waals surface area contributed by atoms with Crippen LogP contribution in [0.3, 0.4) is 0 Å². The molecule has 0 amide bonds. The van der Waals surface area contributed by atoms with Crippen molar-refractivity contribution in [3.63, 3.8) is 0 Å². The first kappa shape index (κ1) is 14.0. The SMILES string of the molecule is CC1=C(F)c2ccccc2C1=C(c1ccccc1)S(C)=O. The van der Waals surface area contributed by atoms with Crippen molar-refractivity contribution in [1.82, 2.24) is 0 Å². The van der Waals surface area contributed by atoms with E-state index >= 15 is 0 Å². The van der Waals surface area contributed by atoms with Crippen LogP contribution in [0.15, 0.2) is 60.2 Å². The molecule has 3 rings (SSSR count). The van der Waals surface area contributed by atoms with Crippen LogP contribution in [0.1, 0.15) is 23.6 Å². The average Bonchev–Trinajstić information content (AvgIpc) is 2.74. The van der Waals surface area contributed by atoms with Gasteiger partial charge in [-0.25, -0.2) is 4.39 Å². The molecule has 0 saturated carbocycles. The summed E-state index contributed by atoms with van der Waals surface area (Å²) in [6.07, 6.45) is 1.64. The van der Waals surface area contributed by atoms with Gasteiger partial charge < -0.3 is 0 Å². The van der Waals surface area contributed by atoms with Gasteiger partial charge in [0.15, 0.2) is 0 Å². The summed E-state index contributed by atoms with van der Waals surface area (Å²) in [6.45, 7) is 1.75. The minimum absolute atomic E-state index is 0.223. The van der Waals surface area contributed by atoms with Crippen LogP contribution in [0.5, 0.6) is 0 Å². The highest BCUT2D eigenvalue weighted by Gasteiger charge is 2.28. The molecule has 0 saturated heterocycles. The van der Waals surface area contributed by atoms with Crippen LogP contribution in [0.25, 0.3) is 16.3 Å². The van der Waals surface area contributed by atoms with Crippen LogP contribution < -0.4 is 0 Å². The maximum Gasteiger partial charge on any atom is 0.134 e. The summed E-state index contributed by atoms with van der Waals surface area (Å²) in [5.74, 6) is -0.223. The van der Waals surface area contributed by atoms with E-state index < -0.39 is 10.8 Å². The van der Waals surface area contributed by atoms with Gasteiger partial charge in [-0.2, -0.15) is 0 Å². The molecule has 2 aromatic carbocycles. The molecule has 106 valence electrons. The normalized spacial score (nSPS) is 17.7. The van der Waals surface area contributed by atoms with Crippen LogP contribution in [0.4, 0.5) is 4.39 Å². The van der Waals surface area contributed by atoms with Gasteiger partial charge in [0, 0.05) is 17.4 Å². The number of rotatable bonds is 2. The summed E-state index contributed by atoms with van der Waals surface area (Å²) in [7, 11) is -1.21. The van der Waals surface area contributed by atoms with Crippen molar-refractivity contribution in [2.75, 3.05) is 6.26 Å². The zero-order valence-corrected chi connectivity index (χ0v) is 12.7. The zero-order chi connectivity index (χ0) is 15.0. The standard InChI is InChI=1S/C18H15FOS/c1-12-16(14-10-6-7-11-15(14)17(12)19)18(21(2)20)13-8-4-3-5-9-13/h3-11H,1-2H3. The lowest BCUT2D eigenvalue weighted by Gasteiger charge is -2.12.